The normalized spacial score (nSPS) is 12.2. The predicted molar refractivity (Wildman–Crippen MR) is 172 cm³/mol. The summed E-state index contributed by atoms with van der Waals surface area (Å²) in [4.78, 5) is 21.2. The molecule has 0 saturated heterocycles. The average molecular weight is 576 g/mol. The van der Waals surface area contributed by atoms with Crippen LogP contribution >= 0.6 is 11.3 Å². The molecule has 4 aromatic carbocycles. The van der Waals surface area contributed by atoms with E-state index >= 15 is 0 Å². The van der Waals surface area contributed by atoms with Crippen LogP contribution in [0.2, 0.25) is 5.04 Å². The van der Waals surface area contributed by atoms with Gasteiger partial charge in [0, 0.05) is 18.9 Å². The molecule has 0 aliphatic carbocycles. The van der Waals surface area contributed by atoms with Gasteiger partial charge in [-0.05, 0) is 45.2 Å². The van der Waals surface area contributed by atoms with E-state index in [9.17, 15) is 4.79 Å². The molecule has 0 fully saturated rings. The van der Waals surface area contributed by atoms with Gasteiger partial charge in [-0.3, -0.25) is 9.20 Å². The van der Waals surface area contributed by atoms with E-state index in [-0.39, 0.29) is 10.9 Å². The van der Waals surface area contributed by atoms with Gasteiger partial charge < -0.3 is 9.33 Å². The molecule has 1 amide bonds. The lowest BCUT2D eigenvalue weighted by Gasteiger charge is -2.43. The molecule has 41 heavy (non-hydrogen) atoms. The quantitative estimate of drug-likeness (QED) is 0.195. The van der Waals surface area contributed by atoms with Crippen LogP contribution in [0.3, 0.4) is 0 Å². The van der Waals surface area contributed by atoms with Gasteiger partial charge in [0.2, 0.25) is 0 Å². The Morgan fingerprint density at radius 1 is 0.878 bits per heavy atom. The highest BCUT2D eigenvalue weighted by Gasteiger charge is 2.50. The van der Waals surface area contributed by atoms with Crippen LogP contribution in [-0.2, 0) is 11.0 Å². The lowest BCUT2D eigenvalue weighted by molar-refractivity contribution is 0.0996. The number of para-hydroxylation sites is 1. The number of rotatable bonds is 7. The zero-order valence-corrected chi connectivity index (χ0v) is 25.6. The topological polar surface area (TPSA) is 46.8 Å². The number of carbonyl (C=O) groups is 1. The molecule has 2 aromatic heterocycles. The Balaban J connectivity index is 1.35. The van der Waals surface area contributed by atoms with E-state index < -0.39 is 8.32 Å². The molecule has 0 aliphatic rings. The van der Waals surface area contributed by atoms with Crippen LogP contribution in [0.4, 0.5) is 5.69 Å². The number of nitrogens with zero attached hydrogens (tertiary/aromatic N) is 3. The summed E-state index contributed by atoms with van der Waals surface area (Å²) < 4.78 is 9.19. The van der Waals surface area contributed by atoms with Gasteiger partial charge in [-0.15, -0.1) is 0 Å². The highest BCUT2D eigenvalue weighted by atomic mass is 32.1. The van der Waals surface area contributed by atoms with E-state index in [0.717, 1.165) is 27.2 Å². The van der Waals surface area contributed by atoms with Crippen molar-refractivity contribution >= 4 is 57.6 Å². The van der Waals surface area contributed by atoms with Crippen LogP contribution in [0.15, 0.2) is 115 Å². The average Bonchev–Trinajstić information content (AvgIpc) is 3.56. The molecule has 0 spiro atoms. The molecule has 7 heteroatoms. The molecule has 2 heterocycles. The minimum atomic E-state index is -2.66. The number of aromatic nitrogens is 2. The summed E-state index contributed by atoms with van der Waals surface area (Å²) in [6, 6.07) is 37.4. The zero-order chi connectivity index (χ0) is 28.6. The third-order valence-corrected chi connectivity index (χ3v) is 13.7. The number of thiazole rings is 1. The van der Waals surface area contributed by atoms with Crippen molar-refractivity contribution in [3.63, 3.8) is 0 Å². The first-order chi connectivity index (χ1) is 19.8. The second kappa shape index (κ2) is 10.7. The first kappa shape index (κ1) is 27.1. The Hall–Kier alpha value is -4.04. The van der Waals surface area contributed by atoms with E-state index in [0.29, 0.717) is 11.5 Å². The van der Waals surface area contributed by atoms with Crippen LogP contribution < -0.4 is 15.3 Å². The van der Waals surface area contributed by atoms with Crippen molar-refractivity contribution < 1.29 is 9.22 Å². The summed E-state index contributed by atoms with van der Waals surface area (Å²) in [5, 5.41) is 2.42. The maximum Gasteiger partial charge on any atom is 0.269 e. The second-order valence-corrected chi connectivity index (χ2v) is 16.6. The SMILES string of the molecule is CN(C(=O)c1cn2c(nc3ccc(CO[Si](c4ccccc4)(c4ccccc4)C(C)(C)C)cc32)s1)c1ccccc1. The van der Waals surface area contributed by atoms with Gasteiger partial charge in [-0.25, -0.2) is 4.98 Å². The Kier molecular flexibility index (Phi) is 7.11. The number of benzene rings is 4. The number of hydrogen-bond acceptors (Lipinski definition) is 4. The molecule has 0 radical (unpaired) electrons. The van der Waals surface area contributed by atoms with Crippen molar-refractivity contribution in [2.45, 2.75) is 32.4 Å². The van der Waals surface area contributed by atoms with Crippen molar-refractivity contribution in [2.75, 3.05) is 11.9 Å². The summed E-state index contributed by atoms with van der Waals surface area (Å²) in [6.07, 6.45) is 1.91. The molecule has 0 N–H and O–H groups in total. The van der Waals surface area contributed by atoms with Crippen molar-refractivity contribution in [3.05, 3.63) is 126 Å². The highest BCUT2D eigenvalue weighted by Crippen LogP contribution is 2.37. The molecule has 0 aliphatic heterocycles. The third kappa shape index (κ3) is 4.90. The van der Waals surface area contributed by atoms with Crippen LogP contribution in [-0.4, -0.2) is 30.7 Å². The smallest absolute Gasteiger partial charge is 0.269 e. The van der Waals surface area contributed by atoms with E-state index in [1.54, 1.807) is 11.9 Å². The number of fused-ring (bicyclic) bond motifs is 3. The molecular formula is C34H33N3O2SSi. The summed E-state index contributed by atoms with van der Waals surface area (Å²) in [6.45, 7) is 7.35. The van der Waals surface area contributed by atoms with Crippen molar-refractivity contribution in [3.8, 4) is 0 Å². The Labute approximate surface area is 245 Å². The monoisotopic (exact) mass is 575 g/mol. The van der Waals surface area contributed by atoms with Crippen molar-refractivity contribution in [1.29, 1.82) is 0 Å². The Bertz CT molecular complexity index is 1770. The number of anilines is 1. The number of carbonyl (C=O) groups excluding carboxylic acids is 1. The molecule has 6 aromatic rings. The van der Waals surface area contributed by atoms with Crippen molar-refractivity contribution in [2.24, 2.45) is 0 Å². The number of imidazole rings is 1. The lowest BCUT2D eigenvalue weighted by atomic mass is 10.2. The van der Waals surface area contributed by atoms with Crippen molar-refractivity contribution in [1.82, 2.24) is 9.38 Å². The van der Waals surface area contributed by atoms with Crippen LogP contribution in [0, 0.1) is 0 Å². The van der Waals surface area contributed by atoms with Gasteiger partial charge in [0.1, 0.15) is 4.88 Å². The van der Waals surface area contributed by atoms with E-state index in [2.05, 4.69) is 99.6 Å². The van der Waals surface area contributed by atoms with E-state index in [1.165, 1.54) is 21.7 Å². The molecule has 0 unspecified atom stereocenters. The van der Waals surface area contributed by atoms with E-state index in [1.807, 2.05) is 40.9 Å². The molecular weight excluding hydrogens is 543 g/mol. The second-order valence-electron chi connectivity index (χ2n) is 11.3. The largest absolute Gasteiger partial charge is 0.403 e. The van der Waals surface area contributed by atoms with Gasteiger partial charge in [0.25, 0.3) is 14.2 Å². The summed E-state index contributed by atoms with van der Waals surface area (Å²) in [5.41, 5.74) is 3.81. The van der Waals surface area contributed by atoms with Gasteiger partial charge >= 0.3 is 0 Å². The molecule has 0 atom stereocenters. The maximum absolute atomic E-state index is 13.3. The van der Waals surface area contributed by atoms with E-state index in [4.69, 9.17) is 9.41 Å². The minimum absolute atomic E-state index is 0.0500. The molecule has 6 rings (SSSR count). The van der Waals surface area contributed by atoms with Gasteiger partial charge in [-0.2, -0.15) is 0 Å². The Morgan fingerprint density at radius 3 is 2.05 bits per heavy atom. The predicted octanol–water partition coefficient (Wildman–Crippen LogP) is 6.90. The van der Waals surface area contributed by atoms with Gasteiger partial charge in [-0.1, -0.05) is 117 Å². The lowest BCUT2D eigenvalue weighted by Crippen LogP contribution is -2.66. The summed E-state index contributed by atoms with van der Waals surface area (Å²) in [5.74, 6) is -0.0500. The maximum atomic E-state index is 13.3. The molecule has 0 saturated carbocycles. The van der Waals surface area contributed by atoms with Crippen LogP contribution in [0.25, 0.3) is 16.0 Å². The molecule has 5 nitrogen and oxygen atoms in total. The fraction of sp³-hybridized carbons (Fsp3) is 0.176. The molecule has 0 bridgehead atoms. The number of amides is 1. The Morgan fingerprint density at radius 2 is 1.46 bits per heavy atom. The first-order valence-electron chi connectivity index (χ1n) is 13.8. The standard InChI is InChI=1S/C34H33N3O2SSi/c1-34(2,3)41(27-16-10-6-11-17-27,28-18-12-7-13-19-28)39-24-25-20-21-29-30(22-25)37-23-31(40-33(37)35-29)32(38)36(4)26-14-8-5-9-15-26/h5-23H,24H2,1-4H3. The minimum Gasteiger partial charge on any atom is -0.403 e. The van der Waals surface area contributed by atoms with Gasteiger partial charge in [0.05, 0.1) is 17.6 Å². The third-order valence-electron chi connectivity index (χ3n) is 7.70. The highest BCUT2D eigenvalue weighted by molar-refractivity contribution is 7.19. The zero-order valence-electron chi connectivity index (χ0n) is 23.7. The summed E-state index contributed by atoms with van der Waals surface area (Å²) in [7, 11) is -0.859. The van der Waals surface area contributed by atoms with Crippen LogP contribution in [0.5, 0.6) is 0 Å². The first-order valence-corrected chi connectivity index (χ1v) is 16.5. The number of hydrogen-bond donors (Lipinski definition) is 0. The van der Waals surface area contributed by atoms with Gasteiger partial charge in [0.15, 0.2) is 4.96 Å². The van der Waals surface area contributed by atoms with Crippen LogP contribution in [0.1, 0.15) is 36.0 Å². The summed E-state index contributed by atoms with van der Waals surface area (Å²) >= 11 is 1.41. The molecule has 206 valence electrons. The fourth-order valence-electron chi connectivity index (χ4n) is 5.63. The fourth-order valence-corrected chi connectivity index (χ4v) is 11.1.